The number of hydrogen-bond acceptors (Lipinski definition) is 6. The monoisotopic (exact) mass is 351 g/mol. The van der Waals surface area contributed by atoms with Gasteiger partial charge in [0.15, 0.2) is 5.82 Å². The van der Waals surface area contributed by atoms with E-state index in [4.69, 9.17) is 4.52 Å². The molecule has 0 fully saturated rings. The fourth-order valence-electron chi connectivity index (χ4n) is 2.47. The number of nitrogens with one attached hydrogen (secondary N) is 2. The molecule has 2 N–H and O–H groups in total. The summed E-state index contributed by atoms with van der Waals surface area (Å²) in [6, 6.07) is 11.2. The fraction of sp³-hybridized carbons (Fsp3) is 0.263. The fourth-order valence-corrected chi connectivity index (χ4v) is 2.47. The second-order valence-corrected chi connectivity index (χ2v) is 5.86. The standard InChI is InChI=1S/C19H21N5O2/c1-3-9-21-18(25)15-7-4-6-14(11-15)12-22-17-16(8-5-10-20-17)19-23-13(2)24-26-19/h4-8,10-11H,3,9,12H2,1-2H3,(H,20,22)(H,21,25). The Morgan fingerprint density at radius 1 is 1.23 bits per heavy atom. The van der Waals surface area contributed by atoms with Gasteiger partial charge < -0.3 is 15.2 Å². The van der Waals surface area contributed by atoms with Crippen molar-refractivity contribution in [1.82, 2.24) is 20.4 Å². The molecule has 0 spiro atoms. The zero-order valence-electron chi connectivity index (χ0n) is 14.8. The van der Waals surface area contributed by atoms with Crippen LogP contribution in [0.2, 0.25) is 0 Å². The second kappa shape index (κ2) is 8.24. The Balaban J connectivity index is 1.73. The van der Waals surface area contributed by atoms with Gasteiger partial charge in [0.05, 0.1) is 5.56 Å². The molecule has 134 valence electrons. The molecule has 26 heavy (non-hydrogen) atoms. The lowest BCUT2D eigenvalue weighted by molar-refractivity contribution is 0.0953. The maximum atomic E-state index is 12.1. The van der Waals surface area contributed by atoms with Crippen LogP contribution in [0.15, 0.2) is 47.1 Å². The smallest absolute Gasteiger partial charge is 0.261 e. The van der Waals surface area contributed by atoms with Crippen LogP contribution < -0.4 is 10.6 Å². The highest BCUT2D eigenvalue weighted by molar-refractivity contribution is 5.94. The predicted molar refractivity (Wildman–Crippen MR) is 98.7 cm³/mol. The molecule has 0 saturated carbocycles. The summed E-state index contributed by atoms with van der Waals surface area (Å²) in [5, 5.41) is 9.98. The molecule has 1 amide bonds. The van der Waals surface area contributed by atoms with Crippen molar-refractivity contribution in [2.45, 2.75) is 26.8 Å². The van der Waals surface area contributed by atoms with Crippen molar-refractivity contribution in [3.05, 3.63) is 59.5 Å². The van der Waals surface area contributed by atoms with Crippen LogP contribution >= 0.6 is 0 Å². The number of anilines is 1. The molecule has 0 aliphatic carbocycles. The number of carbonyl (C=O) groups excluding carboxylic acids is 1. The summed E-state index contributed by atoms with van der Waals surface area (Å²) in [5.41, 5.74) is 2.36. The van der Waals surface area contributed by atoms with Crippen LogP contribution in [0.1, 0.15) is 35.1 Å². The highest BCUT2D eigenvalue weighted by atomic mass is 16.5. The topological polar surface area (TPSA) is 92.9 Å². The summed E-state index contributed by atoms with van der Waals surface area (Å²) in [6.07, 6.45) is 2.61. The van der Waals surface area contributed by atoms with Gasteiger partial charge >= 0.3 is 0 Å². The molecular weight excluding hydrogens is 330 g/mol. The van der Waals surface area contributed by atoms with Gasteiger partial charge in [0.1, 0.15) is 5.82 Å². The molecule has 2 heterocycles. The van der Waals surface area contributed by atoms with Crippen LogP contribution in [0.25, 0.3) is 11.5 Å². The third kappa shape index (κ3) is 4.24. The van der Waals surface area contributed by atoms with E-state index in [2.05, 4.69) is 25.8 Å². The molecule has 1 aromatic carbocycles. The van der Waals surface area contributed by atoms with Gasteiger partial charge in [0, 0.05) is 24.8 Å². The van der Waals surface area contributed by atoms with Gasteiger partial charge in [-0.3, -0.25) is 4.79 Å². The van der Waals surface area contributed by atoms with Crippen molar-refractivity contribution in [2.75, 3.05) is 11.9 Å². The quantitative estimate of drug-likeness (QED) is 0.679. The lowest BCUT2D eigenvalue weighted by Crippen LogP contribution is -2.24. The van der Waals surface area contributed by atoms with Gasteiger partial charge in [-0.25, -0.2) is 4.98 Å². The highest BCUT2D eigenvalue weighted by Gasteiger charge is 2.12. The zero-order valence-corrected chi connectivity index (χ0v) is 14.8. The molecule has 0 unspecified atom stereocenters. The maximum Gasteiger partial charge on any atom is 0.261 e. The van der Waals surface area contributed by atoms with Crippen molar-refractivity contribution >= 4 is 11.7 Å². The van der Waals surface area contributed by atoms with Gasteiger partial charge in [-0.1, -0.05) is 24.2 Å². The molecule has 0 radical (unpaired) electrons. The van der Waals surface area contributed by atoms with E-state index in [1.807, 2.05) is 43.3 Å². The number of amides is 1. The van der Waals surface area contributed by atoms with Crippen LogP contribution in [-0.4, -0.2) is 27.6 Å². The normalized spacial score (nSPS) is 10.5. The van der Waals surface area contributed by atoms with Crippen LogP contribution in [-0.2, 0) is 6.54 Å². The van der Waals surface area contributed by atoms with Gasteiger partial charge in [0.25, 0.3) is 11.8 Å². The molecule has 0 aliphatic rings. The Morgan fingerprint density at radius 3 is 2.88 bits per heavy atom. The SMILES string of the molecule is CCCNC(=O)c1cccc(CNc2ncccc2-c2nc(C)no2)c1. The largest absolute Gasteiger partial charge is 0.365 e. The molecule has 0 atom stereocenters. The molecule has 2 aromatic heterocycles. The minimum absolute atomic E-state index is 0.0615. The lowest BCUT2D eigenvalue weighted by Gasteiger charge is -2.10. The first-order valence-corrected chi connectivity index (χ1v) is 8.54. The summed E-state index contributed by atoms with van der Waals surface area (Å²) >= 11 is 0. The summed E-state index contributed by atoms with van der Waals surface area (Å²) in [7, 11) is 0. The molecular formula is C19H21N5O2. The van der Waals surface area contributed by atoms with E-state index in [-0.39, 0.29) is 5.91 Å². The summed E-state index contributed by atoms with van der Waals surface area (Å²) in [6.45, 7) is 4.98. The van der Waals surface area contributed by atoms with Crippen molar-refractivity contribution in [3.8, 4) is 11.5 Å². The summed E-state index contributed by atoms with van der Waals surface area (Å²) in [5.74, 6) is 1.58. The number of carbonyl (C=O) groups is 1. The lowest BCUT2D eigenvalue weighted by atomic mass is 10.1. The zero-order chi connectivity index (χ0) is 18.4. The Morgan fingerprint density at radius 2 is 2.12 bits per heavy atom. The average molecular weight is 351 g/mol. The third-order valence-corrected chi connectivity index (χ3v) is 3.75. The predicted octanol–water partition coefficient (Wildman–Crippen LogP) is 3.19. The minimum Gasteiger partial charge on any atom is -0.365 e. The van der Waals surface area contributed by atoms with E-state index >= 15 is 0 Å². The first kappa shape index (κ1) is 17.6. The van der Waals surface area contributed by atoms with E-state index < -0.39 is 0 Å². The summed E-state index contributed by atoms with van der Waals surface area (Å²) in [4.78, 5) is 20.7. The third-order valence-electron chi connectivity index (χ3n) is 3.75. The number of nitrogens with zero attached hydrogens (tertiary/aromatic N) is 3. The average Bonchev–Trinajstić information content (AvgIpc) is 3.11. The second-order valence-electron chi connectivity index (χ2n) is 5.86. The van der Waals surface area contributed by atoms with E-state index in [1.165, 1.54) is 0 Å². The first-order valence-electron chi connectivity index (χ1n) is 8.54. The molecule has 7 nitrogen and oxygen atoms in total. The number of hydrogen-bond donors (Lipinski definition) is 2. The van der Waals surface area contributed by atoms with Gasteiger partial charge in [-0.05, 0) is 43.2 Å². The Kier molecular flexibility index (Phi) is 5.58. The number of rotatable bonds is 7. The van der Waals surface area contributed by atoms with Crippen LogP contribution in [0.5, 0.6) is 0 Å². The number of aryl methyl sites for hydroxylation is 1. The Bertz CT molecular complexity index is 891. The maximum absolute atomic E-state index is 12.1. The van der Waals surface area contributed by atoms with E-state index in [0.29, 0.717) is 36.2 Å². The summed E-state index contributed by atoms with van der Waals surface area (Å²) < 4.78 is 5.24. The van der Waals surface area contributed by atoms with E-state index in [1.54, 1.807) is 13.1 Å². The van der Waals surface area contributed by atoms with Gasteiger partial charge in [0.2, 0.25) is 0 Å². The number of aromatic nitrogens is 3. The van der Waals surface area contributed by atoms with Gasteiger partial charge in [-0.15, -0.1) is 0 Å². The van der Waals surface area contributed by atoms with Crippen molar-refractivity contribution < 1.29 is 9.32 Å². The van der Waals surface area contributed by atoms with Crippen LogP contribution in [0.3, 0.4) is 0 Å². The molecule has 7 heteroatoms. The molecule has 0 bridgehead atoms. The molecule has 0 saturated heterocycles. The van der Waals surface area contributed by atoms with E-state index in [0.717, 1.165) is 17.5 Å². The highest BCUT2D eigenvalue weighted by Crippen LogP contribution is 2.24. The van der Waals surface area contributed by atoms with E-state index in [9.17, 15) is 4.79 Å². The van der Waals surface area contributed by atoms with Crippen molar-refractivity contribution in [2.24, 2.45) is 0 Å². The molecule has 3 aromatic rings. The first-order chi connectivity index (χ1) is 12.7. The Labute approximate surface area is 151 Å². The minimum atomic E-state index is -0.0615. The number of pyridine rings is 1. The number of benzene rings is 1. The van der Waals surface area contributed by atoms with Crippen molar-refractivity contribution in [3.63, 3.8) is 0 Å². The van der Waals surface area contributed by atoms with Crippen LogP contribution in [0.4, 0.5) is 5.82 Å². The van der Waals surface area contributed by atoms with Crippen LogP contribution in [0, 0.1) is 6.92 Å². The Hall–Kier alpha value is -3.22. The molecule has 0 aliphatic heterocycles. The molecule has 3 rings (SSSR count). The van der Waals surface area contributed by atoms with Gasteiger partial charge in [-0.2, -0.15) is 4.98 Å². The van der Waals surface area contributed by atoms with Crippen molar-refractivity contribution in [1.29, 1.82) is 0 Å².